The van der Waals surface area contributed by atoms with Gasteiger partial charge in [0.25, 0.3) is 0 Å². The molecule has 3 nitrogen and oxygen atoms in total. The summed E-state index contributed by atoms with van der Waals surface area (Å²) < 4.78 is 18.2. The molecule has 0 radical (unpaired) electrons. The van der Waals surface area contributed by atoms with Crippen molar-refractivity contribution in [3.05, 3.63) is 28.4 Å². The van der Waals surface area contributed by atoms with Gasteiger partial charge in [-0.2, -0.15) is 4.39 Å². The van der Waals surface area contributed by atoms with E-state index < -0.39 is 11.8 Å². The zero-order valence-electron chi connectivity index (χ0n) is 6.67. The molecule has 1 rings (SSSR count). The van der Waals surface area contributed by atoms with Crippen LogP contribution in [-0.4, -0.2) is 11.1 Å². The lowest BCUT2D eigenvalue weighted by atomic mass is 10.2. The summed E-state index contributed by atoms with van der Waals surface area (Å²) in [6.45, 7) is 1.34. The van der Waals surface area contributed by atoms with Crippen molar-refractivity contribution in [2.75, 3.05) is 0 Å². The van der Waals surface area contributed by atoms with E-state index in [1.807, 2.05) is 0 Å². The number of carbonyl (C=O) groups is 1. The molecule has 0 bridgehead atoms. The van der Waals surface area contributed by atoms with Gasteiger partial charge in [0, 0.05) is 5.57 Å². The average molecular weight is 249 g/mol. The number of rotatable bonds is 2. The van der Waals surface area contributed by atoms with Crippen LogP contribution in [0.4, 0.5) is 4.39 Å². The summed E-state index contributed by atoms with van der Waals surface area (Å²) >= 11 is 3.03. The number of allylic oxidation sites excluding steroid dienone is 1. The van der Waals surface area contributed by atoms with Crippen LogP contribution in [0.5, 0.6) is 0 Å². The Morgan fingerprint density at radius 2 is 2.23 bits per heavy atom. The fourth-order valence-electron chi connectivity index (χ4n) is 0.784. The SMILES string of the molecule is C/C(=C(/F)C(=O)O)c1ccc(Br)o1. The number of hydrogen-bond donors (Lipinski definition) is 1. The predicted octanol–water partition coefficient (Wildman–Crippen LogP) is 2.83. The van der Waals surface area contributed by atoms with Crippen molar-refractivity contribution in [3.8, 4) is 0 Å². The summed E-state index contributed by atoms with van der Waals surface area (Å²) in [6.07, 6.45) is 0. The highest BCUT2D eigenvalue weighted by Crippen LogP contribution is 2.24. The van der Waals surface area contributed by atoms with Gasteiger partial charge in [-0.1, -0.05) is 0 Å². The molecule has 0 spiro atoms. The number of carboxylic acids is 1. The third-order valence-corrected chi connectivity index (χ3v) is 1.89. The third kappa shape index (κ3) is 2.18. The van der Waals surface area contributed by atoms with Crippen molar-refractivity contribution in [1.29, 1.82) is 0 Å². The van der Waals surface area contributed by atoms with E-state index >= 15 is 0 Å². The Hall–Kier alpha value is -1.10. The molecule has 0 amide bonds. The first-order chi connectivity index (χ1) is 6.02. The average Bonchev–Trinajstić information content (AvgIpc) is 2.49. The number of halogens is 2. The molecular formula is C8H6BrFO3. The molecule has 0 aliphatic heterocycles. The minimum Gasteiger partial charge on any atom is -0.476 e. The van der Waals surface area contributed by atoms with E-state index in [0.717, 1.165) is 0 Å². The van der Waals surface area contributed by atoms with Gasteiger partial charge >= 0.3 is 5.97 Å². The molecule has 0 saturated carbocycles. The number of furan rings is 1. The molecule has 0 saturated heterocycles. The highest BCUT2D eigenvalue weighted by atomic mass is 79.9. The first kappa shape index (κ1) is 9.98. The van der Waals surface area contributed by atoms with Gasteiger partial charge in [-0.05, 0) is 35.0 Å². The van der Waals surface area contributed by atoms with Gasteiger partial charge < -0.3 is 9.52 Å². The molecule has 1 aromatic rings. The highest BCUT2D eigenvalue weighted by molar-refractivity contribution is 9.10. The summed E-state index contributed by atoms with van der Waals surface area (Å²) in [4.78, 5) is 10.2. The Bertz CT molecular complexity index is 367. The van der Waals surface area contributed by atoms with Crippen LogP contribution in [-0.2, 0) is 4.79 Å². The number of carboxylic acid groups (broad SMARTS) is 1. The van der Waals surface area contributed by atoms with E-state index in [4.69, 9.17) is 9.52 Å². The fraction of sp³-hybridized carbons (Fsp3) is 0.125. The van der Waals surface area contributed by atoms with E-state index in [1.54, 1.807) is 6.07 Å². The maximum absolute atomic E-state index is 12.8. The van der Waals surface area contributed by atoms with Gasteiger partial charge in [-0.15, -0.1) is 0 Å². The van der Waals surface area contributed by atoms with Crippen molar-refractivity contribution < 1.29 is 18.7 Å². The molecule has 13 heavy (non-hydrogen) atoms. The van der Waals surface area contributed by atoms with Crippen LogP contribution in [0.2, 0.25) is 0 Å². The van der Waals surface area contributed by atoms with Crippen LogP contribution in [0.25, 0.3) is 5.57 Å². The molecule has 0 atom stereocenters. The second-order valence-corrected chi connectivity index (χ2v) is 3.13. The Labute approximate surface area is 82.0 Å². The zero-order chi connectivity index (χ0) is 10.0. The molecular weight excluding hydrogens is 243 g/mol. The minimum absolute atomic E-state index is 0.0294. The Balaban J connectivity index is 3.09. The smallest absolute Gasteiger partial charge is 0.365 e. The van der Waals surface area contributed by atoms with Crippen LogP contribution in [0.1, 0.15) is 12.7 Å². The molecule has 0 aliphatic carbocycles. The van der Waals surface area contributed by atoms with Crippen LogP contribution in [0, 0.1) is 0 Å². The number of aliphatic carboxylic acids is 1. The number of hydrogen-bond acceptors (Lipinski definition) is 2. The fourth-order valence-corrected chi connectivity index (χ4v) is 1.09. The van der Waals surface area contributed by atoms with Crippen LogP contribution >= 0.6 is 15.9 Å². The van der Waals surface area contributed by atoms with E-state index in [0.29, 0.717) is 4.67 Å². The molecule has 1 heterocycles. The van der Waals surface area contributed by atoms with Crippen LogP contribution in [0.3, 0.4) is 0 Å². The van der Waals surface area contributed by atoms with E-state index in [-0.39, 0.29) is 11.3 Å². The van der Waals surface area contributed by atoms with Gasteiger partial charge in [0.15, 0.2) is 4.67 Å². The molecule has 0 aliphatic rings. The van der Waals surface area contributed by atoms with Gasteiger partial charge in [-0.25, -0.2) is 4.79 Å². The molecule has 1 aromatic heterocycles. The van der Waals surface area contributed by atoms with Crippen molar-refractivity contribution in [2.24, 2.45) is 0 Å². The summed E-state index contributed by atoms with van der Waals surface area (Å²) in [5.74, 6) is -2.60. The molecule has 70 valence electrons. The van der Waals surface area contributed by atoms with E-state index in [2.05, 4.69) is 15.9 Å². The Morgan fingerprint density at radius 1 is 1.62 bits per heavy atom. The Kier molecular flexibility index (Phi) is 2.87. The maximum Gasteiger partial charge on any atom is 0.365 e. The third-order valence-electron chi connectivity index (χ3n) is 1.46. The van der Waals surface area contributed by atoms with Gasteiger partial charge in [-0.3, -0.25) is 0 Å². The maximum atomic E-state index is 12.8. The predicted molar refractivity (Wildman–Crippen MR) is 47.7 cm³/mol. The second kappa shape index (κ2) is 3.74. The van der Waals surface area contributed by atoms with Crippen molar-refractivity contribution in [1.82, 2.24) is 0 Å². The quantitative estimate of drug-likeness (QED) is 0.820. The molecule has 0 unspecified atom stereocenters. The Morgan fingerprint density at radius 3 is 2.62 bits per heavy atom. The molecule has 1 N–H and O–H groups in total. The van der Waals surface area contributed by atoms with Gasteiger partial charge in [0.2, 0.25) is 5.83 Å². The standard InChI is InChI=1S/C8H6BrFO3/c1-4(7(10)8(11)12)5-2-3-6(9)13-5/h2-3H,1H3,(H,11,12)/b7-4-. The largest absolute Gasteiger partial charge is 0.476 e. The lowest BCUT2D eigenvalue weighted by Gasteiger charge is -1.95. The summed E-state index contributed by atoms with van der Waals surface area (Å²) in [6, 6.07) is 3.05. The summed E-state index contributed by atoms with van der Waals surface area (Å²) in [5, 5.41) is 8.33. The monoisotopic (exact) mass is 248 g/mol. The lowest BCUT2D eigenvalue weighted by molar-refractivity contribution is -0.134. The van der Waals surface area contributed by atoms with Crippen LogP contribution in [0.15, 0.2) is 27.0 Å². The lowest BCUT2D eigenvalue weighted by Crippen LogP contribution is -1.97. The molecule has 0 fully saturated rings. The van der Waals surface area contributed by atoms with E-state index in [1.165, 1.54) is 13.0 Å². The van der Waals surface area contributed by atoms with Crippen LogP contribution < -0.4 is 0 Å². The van der Waals surface area contributed by atoms with Gasteiger partial charge in [0.1, 0.15) is 5.76 Å². The van der Waals surface area contributed by atoms with Gasteiger partial charge in [0.05, 0.1) is 0 Å². The second-order valence-electron chi connectivity index (χ2n) is 2.35. The normalized spacial score (nSPS) is 12.5. The molecule has 5 heteroatoms. The van der Waals surface area contributed by atoms with Crippen molar-refractivity contribution in [2.45, 2.75) is 6.92 Å². The van der Waals surface area contributed by atoms with Crippen molar-refractivity contribution >= 4 is 27.5 Å². The van der Waals surface area contributed by atoms with E-state index in [9.17, 15) is 9.18 Å². The summed E-state index contributed by atoms with van der Waals surface area (Å²) in [7, 11) is 0. The zero-order valence-corrected chi connectivity index (χ0v) is 8.26. The summed E-state index contributed by atoms with van der Waals surface area (Å²) in [5.41, 5.74) is -0.0294. The first-order valence-electron chi connectivity index (χ1n) is 3.37. The topological polar surface area (TPSA) is 50.4 Å². The molecule has 0 aromatic carbocycles. The first-order valence-corrected chi connectivity index (χ1v) is 4.17. The highest BCUT2D eigenvalue weighted by Gasteiger charge is 2.14. The van der Waals surface area contributed by atoms with Crippen molar-refractivity contribution in [3.63, 3.8) is 0 Å². The minimum atomic E-state index is -1.59.